The van der Waals surface area contributed by atoms with Gasteiger partial charge < -0.3 is 9.73 Å². The average Bonchev–Trinajstić information content (AvgIpc) is 3.19. The molecule has 0 atom stereocenters. The number of hydrogen-bond donors (Lipinski definition) is 2. The summed E-state index contributed by atoms with van der Waals surface area (Å²) in [4.78, 5) is 20.0. The highest BCUT2D eigenvalue weighted by Crippen LogP contribution is 2.20. The molecule has 0 saturated heterocycles. The number of hydrogen-bond acceptors (Lipinski definition) is 7. The van der Waals surface area contributed by atoms with Crippen molar-refractivity contribution >= 4 is 38.4 Å². The lowest BCUT2D eigenvalue weighted by atomic mass is 10.2. The lowest BCUT2D eigenvalue weighted by molar-refractivity contribution is 0.102. The zero-order valence-corrected chi connectivity index (χ0v) is 16.3. The summed E-state index contributed by atoms with van der Waals surface area (Å²) >= 11 is 0. The molecule has 0 radical (unpaired) electrons. The quantitative estimate of drug-likeness (QED) is 0.345. The van der Waals surface area contributed by atoms with E-state index in [1.165, 1.54) is 36.8 Å². The largest absolute Gasteiger partial charge is 0.453 e. The third-order valence-corrected chi connectivity index (χ3v) is 5.45. The van der Waals surface area contributed by atoms with Crippen molar-refractivity contribution in [2.75, 3.05) is 10.0 Å². The molecule has 0 spiro atoms. The molecule has 4 aromatic rings. The molecule has 9 heteroatoms. The number of aromatic nitrogens is 2. The van der Waals surface area contributed by atoms with Crippen LogP contribution in [0.25, 0.3) is 11.0 Å². The van der Waals surface area contributed by atoms with Crippen LogP contribution in [0.4, 0.5) is 11.6 Å². The normalized spacial score (nSPS) is 11.6. The van der Waals surface area contributed by atoms with Gasteiger partial charge in [0.1, 0.15) is 5.58 Å². The number of carbonyl (C=O) groups is 1. The number of anilines is 2. The van der Waals surface area contributed by atoms with E-state index in [9.17, 15) is 13.2 Å². The molecule has 8 nitrogen and oxygen atoms in total. The number of fused-ring (bicyclic) bond motifs is 1. The van der Waals surface area contributed by atoms with Crippen LogP contribution in [-0.4, -0.2) is 24.2 Å². The topological polar surface area (TPSA) is 114 Å². The Bertz CT molecular complexity index is 1280. The van der Waals surface area contributed by atoms with Crippen LogP contribution in [0.2, 0.25) is 0 Å². The minimum atomic E-state index is -3.80. The predicted molar refractivity (Wildman–Crippen MR) is 113 cm³/mol. The Morgan fingerprint density at radius 3 is 2.43 bits per heavy atom. The van der Waals surface area contributed by atoms with E-state index in [2.05, 4.69) is 20.0 Å². The monoisotopic (exact) mass is 420 g/mol. The molecule has 0 saturated carbocycles. The van der Waals surface area contributed by atoms with E-state index < -0.39 is 10.0 Å². The molecule has 2 heterocycles. The van der Waals surface area contributed by atoms with Gasteiger partial charge in [-0.25, -0.2) is 23.1 Å². The number of carbonyl (C=O) groups excluding carboxylic acids is 1. The summed E-state index contributed by atoms with van der Waals surface area (Å²) in [6, 6.07) is 16.7. The number of furan rings is 1. The molecular weight excluding hydrogens is 404 g/mol. The van der Waals surface area contributed by atoms with E-state index in [-0.39, 0.29) is 22.4 Å². The summed E-state index contributed by atoms with van der Waals surface area (Å²) in [6.45, 7) is 0. The van der Waals surface area contributed by atoms with Crippen LogP contribution in [0.5, 0.6) is 0 Å². The zero-order chi connectivity index (χ0) is 21.0. The van der Waals surface area contributed by atoms with Gasteiger partial charge >= 0.3 is 0 Å². The van der Waals surface area contributed by atoms with Crippen molar-refractivity contribution in [3.8, 4) is 0 Å². The van der Waals surface area contributed by atoms with Gasteiger partial charge in [0.2, 0.25) is 11.7 Å². The van der Waals surface area contributed by atoms with E-state index in [1.54, 1.807) is 30.3 Å². The van der Waals surface area contributed by atoms with Crippen molar-refractivity contribution in [1.82, 2.24) is 9.97 Å². The highest BCUT2D eigenvalue weighted by Gasteiger charge is 2.15. The average molecular weight is 420 g/mol. The summed E-state index contributed by atoms with van der Waals surface area (Å²) in [5.41, 5.74) is 1.26. The molecule has 30 heavy (non-hydrogen) atoms. The molecule has 0 aliphatic heterocycles. The SMILES string of the molecule is O=C(/C=C/Nc1ccc(S(=O)(=O)Nc2ncccn2)cc1)c1cc2ccccc2o1. The number of rotatable bonds is 7. The highest BCUT2D eigenvalue weighted by molar-refractivity contribution is 7.92. The number of ketones is 1. The lowest BCUT2D eigenvalue weighted by Crippen LogP contribution is -2.14. The molecule has 0 aliphatic rings. The first kappa shape index (κ1) is 19.3. The van der Waals surface area contributed by atoms with E-state index in [1.807, 2.05) is 18.2 Å². The Hall–Kier alpha value is -3.98. The second-order valence-corrected chi connectivity index (χ2v) is 7.88. The summed E-state index contributed by atoms with van der Waals surface area (Å²) in [7, 11) is -3.80. The second-order valence-electron chi connectivity index (χ2n) is 6.19. The van der Waals surface area contributed by atoms with Crippen molar-refractivity contribution in [1.29, 1.82) is 0 Å². The highest BCUT2D eigenvalue weighted by atomic mass is 32.2. The van der Waals surface area contributed by atoms with Crippen molar-refractivity contribution in [3.05, 3.63) is 91.1 Å². The first-order valence-electron chi connectivity index (χ1n) is 8.87. The number of para-hydroxylation sites is 1. The van der Waals surface area contributed by atoms with E-state index >= 15 is 0 Å². The first-order chi connectivity index (χ1) is 14.5. The molecule has 0 unspecified atom stereocenters. The van der Waals surface area contributed by atoms with Gasteiger partial charge in [-0.1, -0.05) is 18.2 Å². The standard InChI is InChI=1S/C21H16N4O4S/c26-18(20-14-15-4-1-2-5-19(15)29-20)10-13-22-16-6-8-17(9-7-16)30(27,28)25-21-23-11-3-12-24-21/h1-14,22H,(H,23,24,25)/b13-10+. The fourth-order valence-electron chi connectivity index (χ4n) is 2.66. The minimum Gasteiger partial charge on any atom is -0.453 e. The fourth-order valence-corrected chi connectivity index (χ4v) is 3.62. The zero-order valence-electron chi connectivity index (χ0n) is 15.5. The van der Waals surface area contributed by atoms with E-state index in [0.717, 1.165) is 5.39 Å². The minimum absolute atomic E-state index is 0.00765. The molecule has 0 amide bonds. The maximum Gasteiger partial charge on any atom is 0.264 e. The van der Waals surface area contributed by atoms with Crippen LogP contribution < -0.4 is 10.0 Å². The van der Waals surface area contributed by atoms with Crippen LogP contribution >= 0.6 is 0 Å². The Kier molecular flexibility index (Phi) is 5.27. The molecule has 2 N–H and O–H groups in total. The van der Waals surface area contributed by atoms with Crippen molar-refractivity contribution < 1.29 is 17.6 Å². The Morgan fingerprint density at radius 1 is 0.967 bits per heavy atom. The van der Waals surface area contributed by atoms with Gasteiger partial charge in [0.25, 0.3) is 10.0 Å². The van der Waals surface area contributed by atoms with Crippen molar-refractivity contribution in [2.24, 2.45) is 0 Å². The van der Waals surface area contributed by atoms with Crippen molar-refractivity contribution in [2.45, 2.75) is 4.90 Å². The van der Waals surface area contributed by atoms with Gasteiger partial charge in [0.15, 0.2) is 5.76 Å². The number of sulfonamides is 1. The third kappa shape index (κ3) is 4.36. The maximum atomic E-state index is 12.4. The Labute approximate surface area is 172 Å². The first-order valence-corrected chi connectivity index (χ1v) is 10.4. The summed E-state index contributed by atoms with van der Waals surface area (Å²) in [6.07, 6.45) is 5.69. The van der Waals surface area contributed by atoms with Crippen LogP contribution in [-0.2, 0) is 10.0 Å². The molecule has 0 aliphatic carbocycles. The van der Waals surface area contributed by atoms with Crippen LogP contribution in [0.15, 0.2) is 94.6 Å². The number of nitrogens with one attached hydrogen (secondary N) is 2. The summed E-state index contributed by atoms with van der Waals surface area (Å²) in [5.74, 6) is -0.0541. The fraction of sp³-hybridized carbons (Fsp3) is 0. The van der Waals surface area contributed by atoms with Crippen molar-refractivity contribution in [3.63, 3.8) is 0 Å². The third-order valence-electron chi connectivity index (χ3n) is 4.11. The molecule has 0 fully saturated rings. The second kappa shape index (κ2) is 8.18. The smallest absolute Gasteiger partial charge is 0.264 e. The van der Waals surface area contributed by atoms with Crippen LogP contribution in [0, 0.1) is 0 Å². The molecular formula is C21H16N4O4S. The molecule has 2 aromatic carbocycles. The predicted octanol–water partition coefficient (Wildman–Crippen LogP) is 3.83. The molecule has 0 bridgehead atoms. The number of allylic oxidation sites excluding steroid dienone is 1. The summed E-state index contributed by atoms with van der Waals surface area (Å²) < 4.78 is 32.6. The van der Waals surface area contributed by atoms with Gasteiger partial charge in [0.05, 0.1) is 4.90 Å². The summed E-state index contributed by atoms with van der Waals surface area (Å²) in [5, 5.41) is 3.78. The molecule has 4 rings (SSSR count). The maximum absolute atomic E-state index is 12.4. The van der Waals surface area contributed by atoms with Gasteiger partial charge in [-0.15, -0.1) is 0 Å². The van der Waals surface area contributed by atoms with Gasteiger partial charge in [0, 0.05) is 35.7 Å². The lowest BCUT2D eigenvalue weighted by Gasteiger charge is -2.07. The van der Waals surface area contributed by atoms with E-state index in [0.29, 0.717) is 11.3 Å². The van der Waals surface area contributed by atoms with Crippen LogP contribution in [0.1, 0.15) is 10.6 Å². The van der Waals surface area contributed by atoms with Crippen LogP contribution in [0.3, 0.4) is 0 Å². The number of nitrogens with zero attached hydrogens (tertiary/aromatic N) is 2. The van der Waals surface area contributed by atoms with Gasteiger partial charge in [-0.2, -0.15) is 0 Å². The molecule has 150 valence electrons. The Morgan fingerprint density at radius 2 is 1.70 bits per heavy atom. The molecule has 2 aromatic heterocycles. The number of benzene rings is 2. The Balaban J connectivity index is 1.40. The van der Waals surface area contributed by atoms with Gasteiger partial charge in [-0.05, 0) is 42.5 Å². The van der Waals surface area contributed by atoms with Gasteiger partial charge in [-0.3, -0.25) is 4.79 Å². The van der Waals surface area contributed by atoms with E-state index in [4.69, 9.17) is 4.42 Å².